The molecule has 0 radical (unpaired) electrons. The van der Waals surface area contributed by atoms with E-state index in [1.54, 1.807) is 18.2 Å². The maximum absolute atomic E-state index is 14.0. The molecule has 1 saturated heterocycles. The maximum Gasteiger partial charge on any atom is 0.166 e. The smallest absolute Gasteiger partial charge is 0.166 e. The predicted molar refractivity (Wildman–Crippen MR) is 79.9 cm³/mol. The molecular weight excluding hydrogens is 270 g/mol. The number of rotatable bonds is 3. The fourth-order valence-electron chi connectivity index (χ4n) is 2.69. The maximum atomic E-state index is 14.0. The van der Waals surface area contributed by atoms with Crippen molar-refractivity contribution in [2.75, 3.05) is 26.2 Å². The summed E-state index contributed by atoms with van der Waals surface area (Å²) < 4.78 is 27.9. The lowest BCUT2D eigenvalue weighted by atomic mass is 10.0. The Kier molecular flexibility index (Phi) is 4.27. The lowest BCUT2D eigenvalue weighted by molar-refractivity contribution is 0.233. The van der Waals surface area contributed by atoms with Gasteiger partial charge in [0.2, 0.25) is 0 Å². The highest BCUT2D eigenvalue weighted by atomic mass is 19.2. The largest absolute Gasteiger partial charge is 0.314 e. The zero-order chi connectivity index (χ0) is 14.7. The van der Waals surface area contributed by atoms with E-state index in [1.165, 1.54) is 6.07 Å². The molecule has 1 aliphatic heterocycles. The van der Waals surface area contributed by atoms with Crippen LogP contribution in [-0.2, 0) is 6.54 Å². The lowest BCUT2D eigenvalue weighted by Crippen LogP contribution is -2.42. The highest BCUT2D eigenvalue weighted by Crippen LogP contribution is 2.26. The zero-order valence-electron chi connectivity index (χ0n) is 11.8. The second-order valence-electron chi connectivity index (χ2n) is 5.33. The van der Waals surface area contributed by atoms with Crippen molar-refractivity contribution in [2.45, 2.75) is 6.54 Å². The molecule has 2 aromatic rings. The number of halogens is 2. The van der Waals surface area contributed by atoms with Crippen LogP contribution in [0.3, 0.4) is 0 Å². The van der Waals surface area contributed by atoms with E-state index in [9.17, 15) is 8.78 Å². The quantitative estimate of drug-likeness (QED) is 0.934. The molecule has 0 aromatic heterocycles. The van der Waals surface area contributed by atoms with Crippen molar-refractivity contribution in [3.05, 3.63) is 59.7 Å². The summed E-state index contributed by atoms with van der Waals surface area (Å²) in [6.45, 7) is 4.39. The Labute approximate surface area is 123 Å². The highest BCUT2D eigenvalue weighted by Gasteiger charge is 2.15. The summed E-state index contributed by atoms with van der Waals surface area (Å²) >= 11 is 0. The van der Waals surface area contributed by atoms with Gasteiger partial charge in [-0.2, -0.15) is 0 Å². The third kappa shape index (κ3) is 3.28. The summed E-state index contributed by atoms with van der Waals surface area (Å²) in [5.41, 5.74) is 1.85. The zero-order valence-corrected chi connectivity index (χ0v) is 11.8. The van der Waals surface area contributed by atoms with Crippen LogP contribution in [0.2, 0.25) is 0 Å². The van der Waals surface area contributed by atoms with Gasteiger partial charge in [0.1, 0.15) is 0 Å². The molecule has 2 aromatic carbocycles. The summed E-state index contributed by atoms with van der Waals surface area (Å²) in [6.07, 6.45) is 0. The van der Waals surface area contributed by atoms with E-state index in [2.05, 4.69) is 10.2 Å². The predicted octanol–water partition coefficient (Wildman–Crippen LogP) is 3.04. The van der Waals surface area contributed by atoms with Crippen LogP contribution in [0.4, 0.5) is 8.78 Å². The molecule has 0 bridgehead atoms. The fourth-order valence-corrected chi connectivity index (χ4v) is 2.69. The molecule has 0 saturated carbocycles. The monoisotopic (exact) mass is 288 g/mol. The normalized spacial score (nSPS) is 16.1. The van der Waals surface area contributed by atoms with E-state index >= 15 is 0 Å². The molecule has 3 rings (SSSR count). The summed E-state index contributed by atoms with van der Waals surface area (Å²) in [4.78, 5) is 2.25. The van der Waals surface area contributed by atoms with Crippen molar-refractivity contribution in [2.24, 2.45) is 0 Å². The van der Waals surface area contributed by atoms with Crippen LogP contribution in [0.15, 0.2) is 42.5 Å². The van der Waals surface area contributed by atoms with Gasteiger partial charge >= 0.3 is 0 Å². The lowest BCUT2D eigenvalue weighted by Gasteiger charge is -2.27. The van der Waals surface area contributed by atoms with E-state index < -0.39 is 11.6 Å². The van der Waals surface area contributed by atoms with E-state index in [-0.39, 0.29) is 0 Å². The second-order valence-corrected chi connectivity index (χ2v) is 5.33. The molecule has 4 heteroatoms. The topological polar surface area (TPSA) is 15.3 Å². The molecule has 110 valence electrons. The fraction of sp³-hybridized carbons (Fsp3) is 0.294. The van der Waals surface area contributed by atoms with Gasteiger partial charge in [0.25, 0.3) is 0 Å². The van der Waals surface area contributed by atoms with Gasteiger partial charge in [0.05, 0.1) is 0 Å². The number of piperazine rings is 1. The molecule has 0 atom stereocenters. The first-order valence-electron chi connectivity index (χ1n) is 7.20. The van der Waals surface area contributed by atoms with Gasteiger partial charge in [-0.3, -0.25) is 4.90 Å². The van der Waals surface area contributed by atoms with Crippen LogP contribution in [-0.4, -0.2) is 31.1 Å². The van der Waals surface area contributed by atoms with E-state index in [4.69, 9.17) is 0 Å². The van der Waals surface area contributed by atoms with Gasteiger partial charge in [-0.1, -0.05) is 30.3 Å². The Morgan fingerprint density at radius 3 is 2.43 bits per heavy atom. The summed E-state index contributed by atoms with van der Waals surface area (Å²) in [5.74, 6) is -1.55. The van der Waals surface area contributed by atoms with Crippen molar-refractivity contribution in [1.29, 1.82) is 0 Å². The molecule has 1 aliphatic rings. The van der Waals surface area contributed by atoms with E-state index in [0.717, 1.165) is 31.7 Å². The van der Waals surface area contributed by atoms with Crippen LogP contribution in [0, 0.1) is 11.6 Å². The van der Waals surface area contributed by atoms with Gasteiger partial charge in [0.15, 0.2) is 11.6 Å². The van der Waals surface area contributed by atoms with Crippen molar-refractivity contribution < 1.29 is 8.78 Å². The molecule has 1 heterocycles. The average Bonchev–Trinajstić information content (AvgIpc) is 2.52. The van der Waals surface area contributed by atoms with Crippen molar-refractivity contribution >= 4 is 0 Å². The minimum absolute atomic E-state index is 0.334. The SMILES string of the molecule is Fc1cc(CN2CCNCC2)cc(-c2ccccc2)c1F. The molecule has 1 fully saturated rings. The third-order valence-corrected chi connectivity index (χ3v) is 3.79. The first-order valence-corrected chi connectivity index (χ1v) is 7.20. The molecular formula is C17H18F2N2. The number of hydrogen-bond donors (Lipinski definition) is 1. The molecule has 0 amide bonds. The Bertz CT molecular complexity index is 608. The second kappa shape index (κ2) is 6.33. The van der Waals surface area contributed by atoms with Crippen LogP contribution in [0.1, 0.15) is 5.56 Å². The number of hydrogen-bond acceptors (Lipinski definition) is 2. The van der Waals surface area contributed by atoms with Crippen LogP contribution >= 0.6 is 0 Å². The Balaban J connectivity index is 1.90. The van der Waals surface area contributed by atoms with Crippen LogP contribution in [0.5, 0.6) is 0 Å². The van der Waals surface area contributed by atoms with Gasteiger partial charge in [-0.25, -0.2) is 8.78 Å². The molecule has 0 aliphatic carbocycles. The Morgan fingerprint density at radius 2 is 1.71 bits per heavy atom. The Morgan fingerprint density at radius 1 is 1.00 bits per heavy atom. The van der Waals surface area contributed by atoms with Crippen molar-refractivity contribution in [3.8, 4) is 11.1 Å². The summed E-state index contributed by atoms with van der Waals surface area (Å²) in [5, 5.41) is 3.28. The minimum Gasteiger partial charge on any atom is -0.314 e. The van der Waals surface area contributed by atoms with Crippen molar-refractivity contribution in [1.82, 2.24) is 10.2 Å². The molecule has 0 unspecified atom stereocenters. The molecule has 2 nitrogen and oxygen atoms in total. The van der Waals surface area contributed by atoms with Gasteiger partial charge in [-0.05, 0) is 23.3 Å². The standard InChI is InChI=1S/C17H18F2N2/c18-16-11-13(12-21-8-6-20-7-9-21)10-15(17(16)19)14-4-2-1-3-5-14/h1-5,10-11,20H,6-9,12H2. The number of benzene rings is 2. The minimum atomic E-state index is -0.776. The highest BCUT2D eigenvalue weighted by molar-refractivity contribution is 5.65. The van der Waals surface area contributed by atoms with Gasteiger partial charge < -0.3 is 5.32 Å². The molecule has 1 N–H and O–H groups in total. The van der Waals surface area contributed by atoms with Crippen molar-refractivity contribution in [3.63, 3.8) is 0 Å². The van der Waals surface area contributed by atoms with E-state index in [0.29, 0.717) is 17.7 Å². The number of nitrogens with zero attached hydrogens (tertiary/aromatic N) is 1. The number of nitrogens with one attached hydrogen (secondary N) is 1. The van der Waals surface area contributed by atoms with Crippen LogP contribution < -0.4 is 5.32 Å². The molecule has 0 spiro atoms. The Hall–Kier alpha value is -1.78. The average molecular weight is 288 g/mol. The summed E-state index contributed by atoms with van der Waals surface area (Å²) in [6, 6.07) is 12.2. The summed E-state index contributed by atoms with van der Waals surface area (Å²) in [7, 11) is 0. The van der Waals surface area contributed by atoms with Gasteiger partial charge in [0, 0.05) is 38.3 Å². The first kappa shape index (κ1) is 14.2. The molecule has 21 heavy (non-hydrogen) atoms. The third-order valence-electron chi connectivity index (χ3n) is 3.79. The first-order chi connectivity index (χ1) is 10.2. The van der Waals surface area contributed by atoms with Crippen LogP contribution in [0.25, 0.3) is 11.1 Å². The van der Waals surface area contributed by atoms with E-state index in [1.807, 2.05) is 18.2 Å². The van der Waals surface area contributed by atoms with Gasteiger partial charge in [-0.15, -0.1) is 0 Å².